The first kappa shape index (κ1) is 20.4. The number of hydrogen-bond donors (Lipinski definition) is 2. The summed E-state index contributed by atoms with van der Waals surface area (Å²) >= 11 is 0. The van der Waals surface area contributed by atoms with Crippen LogP contribution in [0.1, 0.15) is 25.3 Å². The van der Waals surface area contributed by atoms with Crippen LogP contribution in [0.25, 0.3) is 0 Å². The van der Waals surface area contributed by atoms with E-state index in [1.165, 1.54) is 19.1 Å². The molecule has 0 spiro atoms. The monoisotopic (exact) mass is 416 g/mol. The van der Waals surface area contributed by atoms with Gasteiger partial charge in [-0.3, -0.25) is 0 Å². The van der Waals surface area contributed by atoms with Crippen molar-refractivity contribution in [3.05, 3.63) is 52.6 Å². The molecule has 2 aliphatic rings. The smallest absolute Gasteiger partial charge is 0.281 e. The van der Waals surface area contributed by atoms with E-state index < -0.39 is 50.3 Å². The molecule has 0 radical (unpaired) electrons. The Hall–Kier alpha value is -2.38. The van der Waals surface area contributed by atoms with Crippen molar-refractivity contribution >= 4 is 9.73 Å². The lowest BCUT2D eigenvalue weighted by molar-refractivity contribution is -0.0800. The molecule has 0 saturated carbocycles. The summed E-state index contributed by atoms with van der Waals surface area (Å²) in [6.45, 7) is 1.20. The van der Waals surface area contributed by atoms with Gasteiger partial charge in [-0.05, 0) is 37.1 Å². The van der Waals surface area contributed by atoms with E-state index in [9.17, 15) is 26.9 Å². The number of benzene rings is 1. The number of aliphatic hydroxyl groups excluding tert-OH is 1. The quantitative estimate of drug-likeness (QED) is 0.730. The highest BCUT2D eigenvalue weighted by molar-refractivity contribution is 7.93. The van der Waals surface area contributed by atoms with E-state index in [0.717, 1.165) is 12.1 Å². The molecule has 0 fully saturated rings. The van der Waals surface area contributed by atoms with Crippen LogP contribution >= 0.6 is 0 Å². The average Bonchev–Trinajstić information content (AvgIpc) is 2.87. The van der Waals surface area contributed by atoms with Crippen molar-refractivity contribution < 1.29 is 31.6 Å². The summed E-state index contributed by atoms with van der Waals surface area (Å²) in [6, 6.07) is 3.30. The molecule has 1 aromatic carbocycles. The molecule has 28 heavy (non-hydrogen) atoms. The van der Waals surface area contributed by atoms with Crippen LogP contribution in [-0.4, -0.2) is 32.1 Å². The van der Waals surface area contributed by atoms with Gasteiger partial charge >= 0.3 is 0 Å². The minimum atomic E-state index is -3.99. The highest BCUT2D eigenvalue weighted by Gasteiger charge is 2.58. The normalized spacial score (nSPS) is 28.2. The number of rotatable bonds is 4. The molecule has 2 N–H and O–H groups in total. The SMILES string of the molecule is CC1(S(=N)(=O)CF)CC=C(Oc2cc(F)cc(C#N)c2)C2=C1[C@H](O)C(F)(F)C2. The summed E-state index contributed by atoms with van der Waals surface area (Å²) in [5.74, 6) is -4.65. The Bertz CT molecular complexity index is 1040. The Morgan fingerprint density at radius 3 is 2.71 bits per heavy atom. The molecule has 3 rings (SSSR count). The van der Waals surface area contributed by atoms with Gasteiger partial charge in [0.25, 0.3) is 5.92 Å². The number of nitrogens with one attached hydrogen (secondary N) is 1. The van der Waals surface area contributed by atoms with Crippen LogP contribution < -0.4 is 4.74 Å². The zero-order valence-electron chi connectivity index (χ0n) is 14.6. The van der Waals surface area contributed by atoms with E-state index >= 15 is 0 Å². The summed E-state index contributed by atoms with van der Waals surface area (Å²) < 4.78 is 79.3. The molecule has 0 amide bonds. The first-order valence-electron chi connectivity index (χ1n) is 8.15. The van der Waals surface area contributed by atoms with Gasteiger partial charge in [0.1, 0.15) is 23.4 Å². The van der Waals surface area contributed by atoms with Crippen LogP contribution in [0.15, 0.2) is 41.2 Å². The standard InChI is InChI=1S/C18H16F4N2O3S/c1-17(28(24,26)9-19)3-2-14(13-7-18(21,22)16(25)15(13)17)27-12-5-10(8-23)4-11(20)6-12/h2,4-6,16,24-25H,3,7,9H2,1H3/t16-,17?,28?/m0/s1. The molecule has 0 bridgehead atoms. The summed E-state index contributed by atoms with van der Waals surface area (Å²) in [5, 5.41) is 19.0. The molecule has 5 nitrogen and oxygen atoms in total. The van der Waals surface area contributed by atoms with Crippen LogP contribution in [0.5, 0.6) is 5.75 Å². The summed E-state index contributed by atoms with van der Waals surface area (Å²) in [5.41, 5.74) is -0.638. The number of allylic oxidation sites excluding steroid dienone is 2. The van der Waals surface area contributed by atoms with Gasteiger partial charge in [0.2, 0.25) is 0 Å². The van der Waals surface area contributed by atoms with Crippen LogP contribution in [0.3, 0.4) is 0 Å². The van der Waals surface area contributed by atoms with Crippen molar-refractivity contribution in [2.75, 3.05) is 6.01 Å². The second-order valence-corrected chi connectivity index (χ2v) is 9.38. The molecule has 1 aromatic rings. The van der Waals surface area contributed by atoms with Crippen molar-refractivity contribution in [3.8, 4) is 11.8 Å². The van der Waals surface area contributed by atoms with Crippen LogP contribution in [0, 0.1) is 21.9 Å². The molecule has 0 aliphatic heterocycles. The van der Waals surface area contributed by atoms with E-state index in [1.54, 1.807) is 6.07 Å². The maximum atomic E-state index is 14.2. The largest absolute Gasteiger partial charge is 0.457 e. The lowest BCUT2D eigenvalue weighted by Gasteiger charge is -2.36. The predicted octanol–water partition coefficient (Wildman–Crippen LogP) is 3.79. The Morgan fingerprint density at radius 2 is 2.11 bits per heavy atom. The van der Waals surface area contributed by atoms with Crippen LogP contribution in [0.2, 0.25) is 0 Å². The molecular weight excluding hydrogens is 400 g/mol. The van der Waals surface area contributed by atoms with Crippen LogP contribution in [0.4, 0.5) is 17.6 Å². The van der Waals surface area contributed by atoms with E-state index in [0.29, 0.717) is 0 Å². The van der Waals surface area contributed by atoms with Gasteiger partial charge < -0.3 is 9.84 Å². The first-order chi connectivity index (χ1) is 12.9. The fraction of sp³-hybridized carbons (Fsp3) is 0.389. The van der Waals surface area contributed by atoms with Crippen molar-refractivity contribution in [2.24, 2.45) is 0 Å². The van der Waals surface area contributed by atoms with E-state index in [-0.39, 0.29) is 29.1 Å². The Morgan fingerprint density at radius 1 is 1.43 bits per heavy atom. The molecule has 2 aliphatic carbocycles. The van der Waals surface area contributed by atoms with Crippen molar-refractivity contribution in [1.82, 2.24) is 0 Å². The van der Waals surface area contributed by atoms with Gasteiger partial charge in [-0.15, -0.1) is 0 Å². The van der Waals surface area contributed by atoms with Gasteiger partial charge in [0.15, 0.2) is 6.01 Å². The third kappa shape index (κ3) is 3.08. The average molecular weight is 416 g/mol. The highest BCUT2D eigenvalue weighted by Crippen LogP contribution is 2.52. The fourth-order valence-electron chi connectivity index (χ4n) is 3.50. The fourth-order valence-corrected chi connectivity index (χ4v) is 4.69. The number of aliphatic hydroxyl groups is 1. The van der Waals surface area contributed by atoms with Gasteiger partial charge in [-0.1, -0.05) is 0 Å². The number of halogens is 4. The van der Waals surface area contributed by atoms with Crippen molar-refractivity contribution in [2.45, 2.75) is 36.5 Å². The lowest BCUT2D eigenvalue weighted by atomic mass is 9.86. The summed E-state index contributed by atoms with van der Waals surface area (Å²) in [4.78, 5) is 0. The van der Waals surface area contributed by atoms with Gasteiger partial charge in [-0.25, -0.2) is 26.6 Å². The van der Waals surface area contributed by atoms with Crippen LogP contribution in [-0.2, 0) is 9.73 Å². The number of nitrogens with zero attached hydrogens (tertiary/aromatic N) is 1. The molecule has 0 heterocycles. The second-order valence-electron chi connectivity index (χ2n) is 6.91. The van der Waals surface area contributed by atoms with Gasteiger partial charge in [-0.2, -0.15) is 5.26 Å². The summed E-state index contributed by atoms with van der Waals surface area (Å²) in [7, 11) is -3.99. The van der Waals surface area contributed by atoms with E-state index in [1.807, 2.05) is 0 Å². The number of nitriles is 1. The number of hydrogen-bond acceptors (Lipinski definition) is 5. The maximum absolute atomic E-state index is 14.2. The summed E-state index contributed by atoms with van der Waals surface area (Å²) in [6.07, 6.45) is -2.33. The lowest BCUT2D eigenvalue weighted by Crippen LogP contribution is -2.45. The second kappa shape index (κ2) is 6.60. The topological polar surface area (TPSA) is 94.2 Å². The molecule has 10 heteroatoms. The molecule has 0 saturated heterocycles. The van der Waals surface area contributed by atoms with E-state index in [2.05, 4.69) is 0 Å². The molecule has 150 valence electrons. The number of ether oxygens (including phenoxy) is 1. The third-order valence-electron chi connectivity index (χ3n) is 5.06. The Labute approximate surface area is 158 Å². The molecule has 3 atom stereocenters. The highest BCUT2D eigenvalue weighted by atomic mass is 32.2. The van der Waals surface area contributed by atoms with Gasteiger partial charge in [0, 0.05) is 18.1 Å². The van der Waals surface area contributed by atoms with E-state index in [4.69, 9.17) is 14.8 Å². The zero-order chi connectivity index (χ0) is 20.9. The third-order valence-corrected chi connectivity index (χ3v) is 7.21. The molecular formula is C18H16F4N2O3S. The predicted molar refractivity (Wildman–Crippen MR) is 92.3 cm³/mol. The first-order valence-corrected chi connectivity index (χ1v) is 9.88. The number of alkyl halides is 3. The molecule has 2 unspecified atom stereocenters. The Balaban J connectivity index is 2.09. The minimum Gasteiger partial charge on any atom is -0.457 e. The van der Waals surface area contributed by atoms with Crippen molar-refractivity contribution in [1.29, 1.82) is 10.0 Å². The maximum Gasteiger partial charge on any atom is 0.281 e. The molecule has 0 aromatic heterocycles. The van der Waals surface area contributed by atoms with Crippen molar-refractivity contribution in [3.63, 3.8) is 0 Å². The minimum absolute atomic E-state index is 0.0474. The zero-order valence-corrected chi connectivity index (χ0v) is 15.5. The van der Waals surface area contributed by atoms with Gasteiger partial charge in [0.05, 0.1) is 26.1 Å². The Kier molecular flexibility index (Phi) is 4.80.